The second-order valence-corrected chi connectivity index (χ2v) is 4.91. The Labute approximate surface area is 131 Å². The fraction of sp³-hybridized carbons (Fsp3) is 0.133. The first-order valence-electron chi connectivity index (χ1n) is 6.32. The SMILES string of the molecule is CSC(=Nc1cc(F)ccc1OCc1ccncc1)NC#N. The molecule has 0 aliphatic carbocycles. The van der Waals surface area contributed by atoms with Gasteiger partial charge in [-0.05, 0) is 36.1 Å². The quantitative estimate of drug-likeness (QED) is 0.406. The van der Waals surface area contributed by atoms with Crippen molar-refractivity contribution in [2.75, 3.05) is 6.26 Å². The molecular formula is C15H13FN4OS. The number of rotatable bonds is 4. The van der Waals surface area contributed by atoms with Crippen LogP contribution in [-0.4, -0.2) is 16.4 Å². The van der Waals surface area contributed by atoms with Crippen molar-refractivity contribution in [3.05, 3.63) is 54.1 Å². The van der Waals surface area contributed by atoms with Gasteiger partial charge in [0.25, 0.3) is 0 Å². The Morgan fingerprint density at radius 3 is 2.86 bits per heavy atom. The van der Waals surface area contributed by atoms with E-state index in [0.29, 0.717) is 23.2 Å². The van der Waals surface area contributed by atoms with Gasteiger partial charge in [0.15, 0.2) is 11.4 Å². The zero-order valence-electron chi connectivity index (χ0n) is 11.8. The molecule has 0 radical (unpaired) electrons. The number of nitrogens with zero attached hydrogens (tertiary/aromatic N) is 3. The summed E-state index contributed by atoms with van der Waals surface area (Å²) in [5.74, 6) is 0.0110. The highest BCUT2D eigenvalue weighted by Crippen LogP contribution is 2.29. The molecule has 2 rings (SSSR count). The maximum Gasteiger partial charge on any atom is 0.183 e. The van der Waals surface area contributed by atoms with E-state index in [1.54, 1.807) is 24.8 Å². The molecule has 0 saturated heterocycles. The summed E-state index contributed by atoms with van der Waals surface area (Å²) in [6, 6.07) is 7.74. The molecule has 0 atom stereocenters. The number of nitrogens with one attached hydrogen (secondary N) is 1. The predicted octanol–water partition coefficient (Wildman–Crippen LogP) is 3.22. The van der Waals surface area contributed by atoms with E-state index in [9.17, 15) is 4.39 Å². The fourth-order valence-electron chi connectivity index (χ4n) is 1.62. The molecular weight excluding hydrogens is 303 g/mol. The van der Waals surface area contributed by atoms with Gasteiger partial charge in [-0.25, -0.2) is 9.38 Å². The molecule has 1 aromatic heterocycles. The Bertz CT molecular complexity index is 700. The summed E-state index contributed by atoms with van der Waals surface area (Å²) >= 11 is 1.25. The number of aliphatic imine (C=N–C) groups is 1. The summed E-state index contributed by atoms with van der Waals surface area (Å²) in [5, 5.41) is 11.5. The maximum absolute atomic E-state index is 13.4. The van der Waals surface area contributed by atoms with Crippen LogP contribution in [0.15, 0.2) is 47.7 Å². The Hall–Kier alpha value is -2.59. The Morgan fingerprint density at radius 1 is 1.41 bits per heavy atom. The molecule has 0 fully saturated rings. The number of pyridine rings is 1. The molecule has 112 valence electrons. The number of hydrogen-bond acceptors (Lipinski definition) is 5. The van der Waals surface area contributed by atoms with E-state index in [-0.39, 0.29) is 0 Å². The van der Waals surface area contributed by atoms with Crippen LogP contribution >= 0.6 is 11.8 Å². The highest BCUT2D eigenvalue weighted by atomic mass is 32.2. The average Bonchev–Trinajstić information content (AvgIpc) is 2.54. The van der Waals surface area contributed by atoms with Crippen molar-refractivity contribution in [3.63, 3.8) is 0 Å². The van der Waals surface area contributed by atoms with E-state index in [4.69, 9.17) is 10.00 Å². The van der Waals surface area contributed by atoms with Gasteiger partial charge in [0.1, 0.15) is 23.9 Å². The van der Waals surface area contributed by atoms with Crippen LogP contribution in [0.3, 0.4) is 0 Å². The summed E-state index contributed by atoms with van der Waals surface area (Å²) in [4.78, 5) is 8.14. The highest BCUT2D eigenvalue weighted by Gasteiger charge is 2.07. The number of nitriles is 1. The van der Waals surface area contributed by atoms with Crippen molar-refractivity contribution in [1.29, 1.82) is 5.26 Å². The standard InChI is InChI=1S/C15H13FN4OS/c1-22-15(19-10-17)20-13-8-12(16)2-3-14(13)21-9-11-4-6-18-7-5-11/h2-8H,9H2,1H3,(H,19,20). The van der Waals surface area contributed by atoms with Crippen molar-refractivity contribution in [2.24, 2.45) is 4.99 Å². The number of aromatic nitrogens is 1. The maximum atomic E-state index is 13.4. The van der Waals surface area contributed by atoms with E-state index >= 15 is 0 Å². The molecule has 7 heteroatoms. The monoisotopic (exact) mass is 316 g/mol. The second kappa shape index (κ2) is 8.00. The molecule has 0 bridgehead atoms. The van der Waals surface area contributed by atoms with Gasteiger partial charge in [0, 0.05) is 18.5 Å². The third-order valence-electron chi connectivity index (χ3n) is 2.64. The predicted molar refractivity (Wildman–Crippen MR) is 84.3 cm³/mol. The minimum atomic E-state index is -0.424. The van der Waals surface area contributed by atoms with E-state index in [0.717, 1.165) is 5.56 Å². The zero-order chi connectivity index (χ0) is 15.8. The molecule has 1 N–H and O–H groups in total. The van der Waals surface area contributed by atoms with Crippen molar-refractivity contribution in [3.8, 4) is 11.9 Å². The lowest BCUT2D eigenvalue weighted by molar-refractivity contribution is 0.307. The second-order valence-electron chi connectivity index (χ2n) is 4.11. The summed E-state index contributed by atoms with van der Waals surface area (Å²) in [5.41, 5.74) is 1.26. The van der Waals surface area contributed by atoms with Crippen LogP contribution in [-0.2, 0) is 6.61 Å². The van der Waals surface area contributed by atoms with E-state index in [2.05, 4.69) is 15.3 Å². The molecule has 0 unspecified atom stereocenters. The molecule has 0 spiro atoms. The summed E-state index contributed by atoms with van der Waals surface area (Å²) in [7, 11) is 0. The molecule has 1 aromatic carbocycles. The normalized spacial score (nSPS) is 10.9. The average molecular weight is 316 g/mol. The Kier molecular flexibility index (Phi) is 5.74. The van der Waals surface area contributed by atoms with Crippen molar-refractivity contribution in [2.45, 2.75) is 6.61 Å². The lowest BCUT2D eigenvalue weighted by Crippen LogP contribution is -2.12. The number of hydrogen-bond donors (Lipinski definition) is 1. The van der Waals surface area contributed by atoms with Gasteiger partial charge < -0.3 is 4.74 Å². The van der Waals surface area contributed by atoms with Gasteiger partial charge in [-0.1, -0.05) is 11.8 Å². The van der Waals surface area contributed by atoms with Crippen LogP contribution in [0.25, 0.3) is 0 Å². The van der Waals surface area contributed by atoms with Gasteiger partial charge in [-0.2, -0.15) is 5.26 Å². The molecule has 0 aliphatic heterocycles. The van der Waals surface area contributed by atoms with Crippen molar-refractivity contribution < 1.29 is 9.13 Å². The first-order valence-corrected chi connectivity index (χ1v) is 7.54. The van der Waals surface area contributed by atoms with Gasteiger partial charge in [0.2, 0.25) is 0 Å². The summed E-state index contributed by atoms with van der Waals surface area (Å²) in [6.07, 6.45) is 6.90. The van der Waals surface area contributed by atoms with Gasteiger partial charge in [-0.15, -0.1) is 0 Å². The van der Waals surface area contributed by atoms with Gasteiger partial charge in [0.05, 0.1) is 0 Å². The van der Waals surface area contributed by atoms with E-state index in [1.807, 2.05) is 12.1 Å². The van der Waals surface area contributed by atoms with Crippen LogP contribution in [0.5, 0.6) is 5.75 Å². The summed E-state index contributed by atoms with van der Waals surface area (Å²) in [6.45, 7) is 0.316. The van der Waals surface area contributed by atoms with Crippen molar-refractivity contribution in [1.82, 2.24) is 10.3 Å². The molecule has 0 amide bonds. The van der Waals surface area contributed by atoms with Crippen LogP contribution in [0.4, 0.5) is 10.1 Å². The van der Waals surface area contributed by atoms with Crippen LogP contribution < -0.4 is 10.1 Å². The molecule has 0 aliphatic rings. The highest BCUT2D eigenvalue weighted by molar-refractivity contribution is 8.13. The number of amidine groups is 1. The Morgan fingerprint density at radius 2 is 2.18 bits per heavy atom. The lowest BCUT2D eigenvalue weighted by Gasteiger charge is -2.10. The molecule has 0 saturated carbocycles. The third kappa shape index (κ3) is 4.46. The molecule has 2 aromatic rings. The zero-order valence-corrected chi connectivity index (χ0v) is 12.6. The van der Waals surface area contributed by atoms with Crippen molar-refractivity contribution >= 4 is 22.6 Å². The fourth-order valence-corrected chi connectivity index (χ4v) is 1.96. The molecule has 5 nitrogen and oxygen atoms in total. The number of halogens is 1. The van der Waals surface area contributed by atoms with Crippen LogP contribution in [0.1, 0.15) is 5.56 Å². The smallest absolute Gasteiger partial charge is 0.183 e. The Balaban J connectivity index is 2.22. The first kappa shape index (κ1) is 15.8. The van der Waals surface area contributed by atoms with Crippen LogP contribution in [0, 0.1) is 17.3 Å². The van der Waals surface area contributed by atoms with Gasteiger partial charge in [-0.3, -0.25) is 10.3 Å². The minimum Gasteiger partial charge on any atom is -0.487 e. The van der Waals surface area contributed by atoms with E-state index in [1.165, 1.54) is 30.0 Å². The minimum absolute atomic E-state index is 0.316. The number of thioether (sulfide) groups is 1. The molecule has 22 heavy (non-hydrogen) atoms. The largest absolute Gasteiger partial charge is 0.487 e. The van der Waals surface area contributed by atoms with Crippen LogP contribution in [0.2, 0.25) is 0 Å². The topological polar surface area (TPSA) is 70.3 Å². The lowest BCUT2D eigenvalue weighted by atomic mass is 10.2. The third-order valence-corrected chi connectivity index (χ3v) is 3.22. The number of ether oxygens (including phenoxy) is 1. The first-order chi connectivity index (χ1) is 10.7. The summed E-state index contributed by atoms with van der Waals surface area (Å²) < 4.78 is 19.1. The number of benzene rings is 1. The van der Waals surface area contributed by atoms with Gasteiger partial charge >= 0.3 is 0 Å². The van der Waals surface area contributed by atoms with E-state index < -0.39 is 5.82 Å². The molecule has 1 heterocycles.